The van der Waals surface area contributed by atoms with Crippen molar-refractivity contribution in [2.45, 2.75) is 0 Å². The van der Waals surface area contributed by atoms with Gasteiger partial charge in [-0.15, -0.1) is 0 Å². The molecule has 60 valence electrons. The minimum absolute atomic E-state index is 0. The van der Waals surface area contributed by atoms with Crippen molar-refractivity contribution in [3.05, 3.63) is 30.3 Å². The quantitative estimate of drug-likeness (QED) is 0.655. The van der Waals surface area contributed by atoms with E-state index in [0.29, 0.717) is 5.75 Å². The molecule has 0 aliphatic heterocycles. The number of para-hydroxylation sites is 1. The number of carboxylic acid groups (broad SMARTS) is 1. The molecule has 1 N–H and O–H groups in total. The summed E-state index contributed by atoms with van der Waals surface area (Å²) >= 11 is 0. The molecule has 0 spiro atoms. The Balaban J connectivity index is 0.00000121. The monoisotopic (exact) mass is 160 g/mol. The van der Waals surface area contributed by atoms with Crippen molar-refractivity contribution in [1.29, 1.82) is 0 Å². The van der Waals surface area contributed by atoms with Crippen LogP contribution in [0.3, 0.4) is 0 Å². The molecule has 1 rings (SSSR count). The van der Waals surface area contributed by atoms with Crippen LogP contribution in [0.4, 0.5) is 0 Å². The summed E-state index contributed by atoms with van der Waals surface area (Å²) in [6, 6.07) is 8.84. The first-order chi connectivity index (χ1) is 5.29. The van der Waals surface area contributed by atoms with Gasteiger partial charge < -0.3 is 9.84 Å². The Morgan fingerprint density at radius 3 is 2.42 bits per heavy atom. The Morgan fingerprint density at radius 2 is 1.92 bits per heavy atom. The fourth-order valence-corrected chi connectivity index (χ4v) is 0.662. The fourth-order valence-electron chi connectivity index (χ4n) is 0.662. The fraction of sp³-hybridized carbons (Fsp3) is 0.125. The number of carbonyl (C=O) groups is 1. The minimum atomic E-state index is -0.964. The van der Waals surface area contributed by atoms with E-state index in [1.807, 2.05) is 6.07 Å². The third kappa shape index (κ3) is 4.07. The van der Waals surface area contributed by atoms with Crippen molar-refractivity contribution in [3.8, 4) is 5.75 Å². The summed E-state index contributed by atoms with van der Waals surface area (Å²) in [6.07, 6.45) is 0. The second-order valence-corrected chi connectivity index (χ2v) is 2.00. The number of ether oxygens (including phenoxy) is 1. The van der Waals surface area contributed by atoms with Crippen molar-refractivity contribution in [2.24, 2.45) is 0 Å². The number of carboxylic acids is 1. The predicted molar refractivity (Wildman–Crippen MR) is 46.7 cm³/mol. The molecular weight excluding hydrogens is 151 g/mol. The zero-order valence-corrected chi connectivity index (χ0v) is 5.86. The summed E-state index contributed by atoms with van der Waals surface area (Å²) in [6.45, 7) is -0.288. The molecule has 0 heterocycles. The molecule has 0 fully saturated rings. The van der Waals surface area contributed by atoms with Crippen LogP contribution in [0.2, 0.25) is 0 Å². The topological polar surface area (TPSA) is 46.5 Å². The molecule has 0 saturated carbocycles. The third-order valence-electron chi connectivity index (χ3n) is 1.11. The van der Waals surface area contributed by atoms with Gasteiger partial charge in [-0.3, -0.25) is 0 Å². The van der Waals surface area contributed by atoms with Gasteiger partial charge in [-0.1, -0.05) is 18.2 Å². The van der Waals surface area contributed by atoms with Gasteiger partial charge in [0, 0.05) is 0 Å². The molecular formula is C8H9LiO3. The van der Waals surface area contributed by atoms with Crippen LogP contribution in [0.1, 0.15) is 0 Å². The second kappa shape index (κ2) is 5.70. The van der Waals surface area contributed by atoms with Crippen molar-refractivity contribution in [1.82, 2.24) is 0 Å². The number of rotatable bonds is 3. The van der Waals surface area contributed by atoms with E-state index in [4.69, 9.17) is 9.84 Å². The molecule has 0 bridgehead atoms. The predicted octanol–water partition coefficient (Wildman–Crippen LogP) is 0.502. The van der Waals surface area contributed by atoms with E-state index >= 15 is 0 Å². The average Bonchev–Trinajstić information content (AvgIpc) is 2.03. The molecule has 0 saturated heterocycles. The molecule has 0 aliphatic carbocycles. The summed E-state index contributed by atoms with van der Waals surface area (Å²) < 4.78 is 4.87. The molecule has 4 heteroatoms. The molecule has 0 aromatic heterocycles. The molecule has 0 atom stereocenters. The second-order valence-electron chi connectivity index (χ2n) is 2.00. The molecule has 3 nitrogen and oxygen atoms in total. The SMILES string of the molecule is O=C(O)COc1ccccc1.[LiH]. The van der Waals surface area contributed by atoms with Crippen molar-refractivity contribution < 1.29 is 14.6 Å². The van der Waals surface area contributed by atoms with Gasteiger partial charge in [0.05, 0.1) is 0 Å². The van der Waals surface area contributed by atoms with Crippen molar-refractivity contribution in [3.63, 3.8) is 0 Å². The van der Waals surface area contributed by atoms with Gasteiger partial charge in [-0.25, -0.2) is 4.79 Å². The van der Waals surface area contributed by atoms with E-state index in [0.717, 1.165) is 0 Å². The van der Waals surface area contributed by atoms with Gasteiger partial charge in [0.25, 0.3) is 0 Å². The molecule has 1 aromatic carbocycles. The Bertz CT molecular complexity index is 235. The summed E-state index contributed by atoms with van der Waals surface area (Å²) in [5.41, 5.74) is 0. The molecule has 0 aliphatic rings. The van der Waals surface area contributed by atoms with Gasteiger partial charge in [0.2, 0.25) is 0 Å². The van der Waals surface area contributed by atoms with Crippen LogP contribution < -0.4 is 4.74 Å². The zero-order chi connectivity index (χ0) is 8.10. The number of aliphatic carboxylic acids is 1. The standard InChI is InChI=1S/C8H8O3.Li.H/c9-8(10)6-11-7-4-2-1-3-5-7;;/h1-5H,6H2,(H,9,10);;. The summed E-state index contributed by atoms with van der Waals surface area (Å²) in [4.78, 5) is 10.0. The molecule has 0 amide bonds. The Kier molecular flexibility index (Phi) is 5.27. The van der Waals surface area contributed by atoms with Crippen molar-refractivity contribution in [2.75, 3.05) is 6.61 Å². The average molecular weight is 160 g/mol. The molecule has 1 aromatic rings. The van der Waals surface area contributed by atoms with Crippen LogP contribution in [0.5, 0.6) is 5.75 Å². The van der Waals surface area contributed by atoms with Crippen LogP contribution in [-0.4, -0.2) is 36.5 Å². The normalized spacial score (nSPS) is 8.33. The number of benzene rings is 1. The van der Waals surface area contributed by atoms with E-state index < -0.39 is 5.97 Å². The molecule has 0 unspecified atom stereocenters. The number of hydrogen-bond acceptors (Lipinski definition) is 2. The Labute approximate surface area is 82.5 Å². The van der Waals surface area contributed by atoms with Gasteiger partial charge in [0.1, 0.15) is 5.75 Å². The third-order valence-corrected chi connectivity index (χ3v) is 1.11. The maximum absolute atomic E-state index is 10.0. The van der Waals surface area contributed by atoms with Gasteiger partial charge in [0.15, 0.2) is 6.61 Å². The molecule has 12 heavy (non-hydrogen) atoms. The van der Waals surface area contributed by atoms with E-state index in [9.17, 15) is 4.79 Å². The Morgan fingerprint density at radius 1 is 1.33 bits per heavy atom. The first kappa shape index (κ1) is 11.1. The van der Waals surface area contributed by atoms with Gasteiger partial charge in [-0.05, 0) is 12.1 Å². The van der Waals surface area contributed by atoms with Crippen molar-refractivity contribution >= 4 is 24.8 Å². The van der Waals surface area contributed by atoms with Crippen LogP contribution in [0.25, 0.3) is 0 Å². The number of hydrogen-bond donors (Lipinski definition) is 1. The van der Waals surface area contributed by atoms with Crippen LogP contribution in [0.15, 0.2) is 30.3 Å². The van der Waals surface area contributed by atoms with Crippen LogP contribution in [-0.2, 0) is 4.79 Å². The summed E-state index contributed by atoms with van der Waals surface area (Å²) in [5.74, 6) is -0.385. The first-order valence-electron chi connectivity index (χ1n) is 3.18. The zero-order valence-electron chi connectivity index (χ0n) is 5.86. The van der Waals surface area contributed by atoms with E-state index in [2.05, 4.69) is 0 Å². The van der Waals surface area contributed by atoms with E-state index in [1.165, 1.54) is 0 Å². The van der Waals surface area contributed by atoms with E-state index in [1.54, 1.807) is 24.3 Å². The first-order valence-corrected chi connectivity index (χ1v) is 3.18. The van der Waals surface area contributed by atoms with Gasteiger partial charge in [-0.2, -0.15) is 0 Å². The van der Waals surface area contributed by atoms with E-state index in [-0.39, 0.29) is 25.5 Å². The summed E-state index contributed by atoms with van der Waals surface area (Å²) in [7, 11) is 0. The molecule has 0 radical (unpaired) electrons. The maximum atomic E-state index is 10.0. The summed E-state index contributed by atoms with van der Waals surface area (Å²) in [5, 5.41) is 8.25. The van der Waals surface area contributed by atoms with Crippen LogP contribution in [0, 0.1) is 0 Å². The van der Waals surface area contributed by atoms with Crippen LogP contribution >= 0.6 is 0 Å². The van der Waals surface area contributed by atoms with Gasteiger partial charge >= 0.3 is 24.8 Å². The Hall–Kier alpha value is -0.913.